The molecule has 52 valence electrons. The highest BCUT2D eigenvalue weighted by Gasteiger charge is 2.34. The fraction of sp³-hybridized carbons (Fsp3) is 0.833. The number of amides is 1. The van der Waals surface area contributed by atoms with Crippen molar-refractivity contribution in [2.75, 3.05) is 6.61 Å². The van der Waals surface area contributed by atoms with Crippen molar-refractivity contribution in [2.24, 2.45) is 11.7 Å². The Morgan fingerprint density at radius 1 is 2.00 bits per heavy atom. The molecule has 1 saturated heterocycles. The van der Waals surface area contributed by atoms with Gasteiger partial charge in [-0.05, 0) is 6.42 Å². The van der Waals surface area contributed by atoms with Crippen LogP contribution in [0.2, 0.25) is 0 Å². The lowest BCUT2D eigenvalue weighted by molar-refractivity contribution is -0.122. The highest BCUT2D eigenvalue weighted by Crippen LogP contribution is 2.22. The van der Waals surface area contributed by atoms with Gasteiger partial charge in [-0.3, -0.25) is 4.79 Å². The first-order valence-corrected chi connectivity index (χ1v) is 3.16. The topological polar surface area (TPSA) is 55.6 Å². The van der Waals surface area contributed by atoms with Crippen LogP contribution in [0.15, 0.2) is 0 Å². The first kappa shape index (κ1) is 6.55. The van der Waals surface area contributed by atoms with Crippen LogP contribution in [-0.4, -0.2) is 18.6 Å². The number of nitrogens with two attached hydrogens (primary N) is 1. The molecule has 2 N–H and O–H groups in total. The molecule has 2 unspecified atom stereocenters. The second-order valence-corrected chi connectivity index (χ2v) is 2.29. The molecule has 1 amide bonds. The van der Waals surface area contributed by atoms with Gasteiger partial charge in [0, 0.05) is 0 Å². The molecule has 0 spiro atoms. The van der Waals surface area contributed by atoms with Gasteiger partial charge in [-0.15, -0.1) is 0 Å². The molecule has 1 aliphatic rings. The van der Waals surface area contributed by atoms with Crippen LogP contribution in [0, 0.1) is 5.92 Å². The van der Waals surface area contributed by atoms with Gasteiger partial charge in [-0.2, -0.15) is 0 Å². The minimum absolute atomic E-state index is 0.0509. The SMILES string of the molecule is CCC(C(N)=O)C1CO1. The monoisotopic (exact) mass is 129 g/mol. The van der Waals surface area contributed by atoms with E-state index in [1.54, 1.807) is 0 Å². The number of carbonyl (C=O) groups excluding carboxylic acids is 1. The summed E-state index contributed by atoms with van der Waals surface area (Å²) in [6, 6.07) is 0. The highest BCUT2D eigenvalue weighted by atomic mass is 16.6. The molecule has 0 aromatic carbocycles. The van der Waals surface area contributed by atoms with E-state index in [4.69, 9.17) is 10.5 Å². The van der Waals surface area contributed by atoms with E-state index < -0.39 is 0 Å². The predicted molar refractivity (Wildman–Crippen MR) is 32.7 cm³/mol. The van der Waals surface area contributed by atoms with Crippen molar-refractivity contribution in [1.82, 2.24) is 0 Å². The zero-order chi connectivity index (χ0) is 6.85. The molecule has 0 bridgehead atoms. The van der Waals surface area contributed by atoms with Crippen LogP contribution in [0.1, 0.15) is 13.3 Å². The summed E-state index contributed by atoms with van der Waals surface area (Å²) in [5.41, 5.74) is 5.07. The Balaban J connectivity index is 2.37. The summed E-state index contributed by atoms with van der Waals surface area (Å²) in [6.07, 6.45) is 0.924. The summed E-state index contributed by atoms with van der Waals surface area (Å²) in [4.78, 5) is 10.6. The Labute approximate surface area is 54.2 Å². The number of carbonyl (C=O) groups is 1. The van der Waals surface area contributed by atoms with E-state index in [0.717, 1.165) is 6.42 Å². The smallest absolute Gasteiger partial charge is 0.223 e. The maximum absolute atomic E-state index is 10.6. The van der Waals surface area contributed by atoms with Gasteiger partial charge in [0.25, 0.3) is 0 Å². The Morgan fingerprint density at radius 2 is 2.56 bits per heavy atom. The number of hydrogen-bond donors (Lipinski definition) is 1. The molecular weight excluding hydrogens is 118 g/mol. The van der Waals surface area contributed by atoms with E-state index in [-0.39, 0.29) is 17.9 Å². The molecular formula is C6H11NO2. The van der Waals surface area contributed by atoms with E-state index in [0.29, 0.717) is 6.61 Å². The van der Waals surface area contributed by atoms with Crippen LogP contribution >= 0.6 is 0 Å². The Kier molecular flexibility index (Phi) is 1.71. The van der Waals surface area contributed by atoms with Crippen LogP contribution in [0.25, 0.3) is 0 Å². The third kappa shape index (κ3) is 1.42. The van der Waals surface area contributed by atoms with E-state index in [1.807, 2.05) is 6.92 Å². The average Bonchev–Trinajstić information content (AvgIpc) is 2.50. The Morgan fingerprint density at radius 3 is 2.67 bits per heavy atom. The molecule has 3 heteroatoms. The summed E-state index contributed by atoms with van der Waals surface area (Å²) in [7, 11) is 0. The van der Waals surface area contributed by atoms with Crippen molar-refractivity contribution in [2.45, 2.75) is 19.4 Å². The molecule has 1 heterocycles. The van der Waals surface area contributed by atoms with Gasteiger partial charge < -0.3 is 10.5 Å². The van der Waals surface area contributed by atoms with Gasteiger partial charge in [0.15, 0.2) is 0 Å². The van der Waals surface area contributed by atoms with Crippen LogP contribution < -0.4 is 5.73 Å². The normalized spacial score (nSPS) is 27.4. The fourth-order valence-electron chi connectivity index (χ4n) is 0.935. The van der Waals surface area contributed by atoms with Crippen molar-refractivity contribution < 1.29 is 9.53 Å². The fourth-order valence-corrected chi connectivity index (χ4v) is 0.935. The average molecular weight is 129 g/mol. The first-order chi connectivity index (χ1) is 4.25. The predicted octanol–water partition coefficient (Wildman–Crippen LogP) is -0.103. The number of hydrogen-bond acceptors (Lipinski definition) is 2. The van der Waals surface area contributed by atoms with Crippen molar-refractivity contribution in [3.05, 3.63) is 0 Å². The van der Waals surface area contributed by atoms with Crippen LogP contribution in [0.3, 0.4) is 0 Å². The number of primary amides is 1. The van der Waals surface area contributed by atoms with Gasteiger partial charge in [0.05, 0.1) is 18.6 Å². The third-order valence-corrected chi connectivity index (χ3v) is 1.61. The number of rotatable bonds is 3. The number of epoxide rings is 1. The number of ether oxygens (including phenoxy) is 1. The van der Waals surface area contributed by atoms with Gasteiger partial charge in [0.2, 0.25) is 5.91 Å². The standard InChI is InChI=1S/C6H11NO2/c1-2-4(6(7)8)5-3-9-5/h4-5H,2-3H2,1H3,(H2,7,8). The molecule has 9 heavy (non-hydrogen) atoms. The molecule has 0 saturated carbocycles. The summed E-state index contributed by atoms with van der Waals surface area (Å²) >= 11 is 0. The highest BCUT2D eigenvalue weighted by molar-refractivity contribution is 5.77. The lowest BCUT2D eigenvalue weighted by Crippen LogP contribution is -2.26. The second kappa shape index (κ2) is 2.35. The molecule has 0 aromatic rings. The summed E-state index contributed by atoms with van der Waals surface area (Å²) in [6.45, 7) is 2.65. The second-order valence-electron chi connectivity index (χ2n) is 2.29. The quantitative estimate of drug-likeness (QED) is 0.541. The Bertz CT molecular complexity index is 120. The maximum atomic E-state index is 10.6. The third-order valence-electron chi connectivity index (χ3n) is 1.61. The minimum Gasteiger partial charge on any atom is -0.372 e. The van der Waals surface area contributed by atoms with Gasteiger partial charge in [0.1, 0.15) is 0 Å². The molecule has 0 aliphatic carbocycles. The van der Waals surface area contributed by atoms with Crippen molar-refractivity contribution in [3.8, 4) is 0 Å². The van der Waals surface area contributed by atoms with Gasteiger partial charge in [-0.25, -0.2) is 0 Å². The summed E-state index contributed by atoms with van der Waals surface area (Å²) in [5.74, 6) is -0.287. The van der Waals surface area contributed by atoms with Crippen molar-refractivity contribution >= 4 is 5.91 Å². The summed E-state index contributed by atoms with van der Waals surface area (Å²) in [5, 5.41) is 0. The summed E-state index contributed by atoms with van der Waals surface area (Å²) < 4.78 is 4.92. The zero-order valence-electron chi connectivity index (χ0n) is 5.46. The van der Waals surface area contributed by atoms with Gasteiger partial charge in [-0.1, -0.05) is 6.92 Å². The lowest BCUT2D eigenvalue weighted by atomic mass is 10.0. The molecule has 1 rings (SSSR count). The van der Waals surface area contributed by atoms with Crippen molar-refractivity contribution in [1.29, 1.82) is 0 Å². The maximum Gasteiger partial charge on any atom is 0.223 e. The van der Waals surface area contributed by atoms with Crippen molar-refractivity contribution in [3.63, 3.8) is 0 Å². The van der Waals surface area contributed by atoms with Gasteiger partial charge >= 0.3 is 0 Å². The molecule has 1 fully saturated rings. The van der Waals surface area contributed by atoms with E-state index >= 15 is 0 Å². The zero-order valence-corrected chi connectivity index (χ0v) is 5.46. The molecule has 1 aliphatic heterocycles. The molecule has 0 aromatic heterocycles. The van der Waals surface area contributed by atoms with E-state index in [1.165, 1.54) is 0 Å². The van der Waals surface area contributed by atoms with E-state index in [2.05, 4.69) is 0 Å². The molecule has 0 radical (unpaired) electrons. The first-order valence-electron chi connectivity index (χ1n) is 3.16. The van der Waals surface area contributed by atoms with Crippen LogP contribution in [0.4, 0.5) is 0 Å². The molecule has 3 nitrogen and oxygen atoms in total. The minimum atomic E-state index is -0.236. The largest absolute Gasteiger partial charge is 0.372 e. The van der Waals surface area contributed by atoms with E-state index in [9.17, 15) is 4.79 Å². The van der Waals surface area contributed by atoms with Crippen LogP contribution in [-0.2, 0) is 9.53 Å². The lowest BCUT2D eigenvalue weighted by Gasteiger charge is -2.04. The van der Waals surface area contributed by atoms with Crippen LogP contribution in [0.5, 0.6) is 0 Å². The molecule has 2 atom stereocenters. The Hall–Kier alpha value is -0.570.